The van der Waals surface area contributed by atoms with Crippen LogP contribution in [0.5, 0.6) is 0 Å². The average Bonchev–Trinajstić information content (AvgIpc) is 2.68. The molecule has 30 heavy (non-hydrogen) atoms. The van der Waals surface area contributed by atoms with Crippen molar-refractivity contribution < 1.29 is 4.79 Å². The average molecular weight is 426 g/mol. The zero-order chi connectivity index (χ0) is 21.1. The maximum Gasteiger partial charge on any atom is 0.258 e. The first-order valence-electron chi connectivity index (χ1n) is 9.76. The molecule has 4 N–H and O–H groups in total. The summed E-state index contributed by atoms with van der Waals surface area (Å²) in [6.07, 6.45) is 2.97. The predicted molar refractivity (Wildman–Crippen MR) is 127 cm³/mol. The Balaban J connectivity index is 0.00000320. The molecule has 0 aliphatic heterocycles. The molecule has 1 amide bonds. The van der Waals surface area contributed by atoms with Gasteiger partial charge >= 0.3 is 0 Å². The van der Waals surface area contributed by atoms with Gasteiger partial charge in [-0.1, -0.05) is 49.7 Å². The molecule has 0 spiro atoms. The Morgan fingerprint density at radius 3 is 2.33 bits per heavy atom. The van der Waals surface area contributed by atoms with Gasteiger partial charge in [-0.05, 0) is 47.6 Å². The minimum Gasteiger partial charge on any atom is -0.366 e. The molecule has 0 saturated carbocycles. The summed E-state index contributed by atoms with van der Waals surface area (Å²) >= 11 is 0. The topological polar surface area (TPSA) is 91.1 Å². The highest BCUT2D eigenvalue weighted by Crippen LogP contribution is 2.32. The highest BCUT2D eigenvalue weighted by molar-refractivity contribution is 5.99. The van der Waals surface area contributed by atoms with Gasteiger partial charge in [0.05, 0.1) is 0 Å². The van der Waals surface area contributed by atoms with E-state index in [1.54, 1.807) is 10.6 Å². The summed E-state index contributed by atoms with van der Waals surface area (Å²) < 4.78 is 1.81. The molecule has 6 heteroatoms. The van der Waals surface area contributed by atoms with Crippen molar-refractivity contribution in [3.05, 3.63) is 75.7 Å². The van der Waals surface area contributed by atoms with E-state index in [4.69, 9.17) is 11.5 Å². The number of nitrogens with two attached hydrogens (primary N) is 2. The minimum absolute atomic E-state index is 0. The van der Waals surface area contributed by atoms with Crippen molar-refractivity contribution >= 4 is 35.2 Å². The Bertz CT molecular complexity index is 1150. The number of carbonyl (C=O) groups is 1. The number of amides is 1. The number of benzene rings is 2. The van der Waals surface area contributed by atoms with Crippen LogP contribution in [0.4, 0.5) is 0 Å². The van der Waals surface area contributed by atoms with Gasteiger partial charge in [-0.2, -0.15) is 0 Å². The summed E-state index contributed by atoms with van der Waals surface area (Å²) in [7, 11) is 0. The van der Waals surface area contributed by atoms with Crippen LogP contribution in [0.25, 0.3) is 28.0 Å². The van der Waals surface area contributed by atoms with Crippen molar-refractivity contribution in [3.8, 4) is 11.1 Å². The lowest BCUT2D eigenvalue weighted by molar-refractivity contribution is -0.113. The predicted octanol–water partition coefficient (Wildman–Crippen LogP) is 4.01. The first-order valence-corrected chi connectivity index (χ1v) is 9.76. The van der Waals surface area contributed by atoms with Crippen LogP contribution in [0.3, 0.4) is 0 Å². The van der Waals surface area contributed by atoms with Crippen LogP contribution in [0.1, 0.15) is 30.7 Å². The Hall–Kier alpha value is -2.89. The molecule has 0 fully saturated rings. The lowest BCUT2D eigenvalue weighted by Gasteiger charge is -2.21. The van der Waals surface area contributed by atoms with Crippen molar-refractivity contribution in [2.45, 2.75) is 33.9 Å². The molecule has 2 aromatic carbocycles. The number of aryl methyl sites for hydroxylation is 1. The number of carbonyl (C=O) groups excluding carboxylic acids is 1. The molecule has 0 radical (unpaired) electrons. The number of rotatable bonds is 6. The maximum atomic E-state index is 13.3. The number of primary amides is 1. The first kappa shape index (κ1) is 23.4. The summed E-state index contributed by atoms with van der Waals surface area (Å²) in [5.74, 6) is -0.210. The van der Waals surface area contributed by atoms with Gasteiger partial charge in [-0.15, -0.1) is 12.4 Å². The number of halogens is 1. The number of aromatic nitrogens is 1. The largest absolute Gasteiger partial charge is 0.366 e. The molecule has 0 aliphatic carbocycles. The molecule has 0 unspecified atom stereocenters. The molecule has 1 heterocycles. The fourth-order valence-corrected chi connectivity index (χ4v) is 3.61. The monoisotopic (exact) mass is 425 g/mol. The number of pyridine rings is 1. The van der Waals surface area contributed by atoms with Gasteiger partial charge in [0, 0.05) is 35.8 Å². The van der Waals surface area contributed by atoms with Crippen molar-refractivity contribution in [1.29, 1.82) is 0 Å². The zero-order valence-corrected chi connectivity index (χ0v) is 18.3. The van der Waals surface area contributed by atoms with Gasteiger partial charge in [-0.25, -0.2) is 0 Å². The number of nitrogens with zero attached hydrogens (tertiary/aromatic N) is 1. The molecule has 5 nitrogen and oxygen atoms in total. The Kier molecular flexibility index (Phi) is 7.59. The van der Waals surface area contributed by atoms with Crippen LogP contribution in [0.2, 0.25) is 0 Å². The molecule has 0 atom stereocenters. The van der Waals surface area contributed by atoms with E-state index >= 15 is 0 Å². The quantitative estimate of drug-likeness (QED) is 0.584. The van der Waals surface area contributed by atoms with Gasteiger partial charge < -0.3 is 16.0 Å². The molecule has 0 aliphatic rings. The van der Waals surface area contributed by atoms with E-state index in [2.05, 4.69) is 38.1 Å². The summed E-state index contributed by atoms with van der Waals surface area (Å²) in [5, 5.41) is 1.46. The van der Waals surface area contributed by atoms with E-state index in [1.165, 1.54) is 6.08 Å². The van der Waals surface area contributed by atoms with E-state index in [0.29, 0.717) is 17.8 Å². The van der Waals surface area contributed by atoms with Crippen molar-refractivity contribution in [1.82, 2.24) is 4.57 Å². The second-order valence-electron chi connectivity index (χ2n) is 7.74. The van der Waals surface area contributed by atoms with Crippen LogP contribution >= 0.6 is 12.4 Å². The summed E-state index contributed by atoms with van der Waals surface area (Å²) in [6, 6.07) is 13.8. The van der Waals surface area contributed by atoms with Crippen molar-refractivity contribution in [2.75, 3.05) is 0 Å². The Morgan fingerprint density at radius 1 is 1.10 bits per heavy atom. The van der Waals surface area contributed by atoms with Gasteiger partial charge in [-0.3, -0.25) is 9.59 Å². The van der Waals surface area contributed by atoms with E-state index in [0.717, 1.165) is 33.3 Å². The fraction of sp³-hybridized carbons (Fsp3) is 0.250. The molecular formula is C24H28ClN3O2. The van der Waals surface area contributed by atoms with Crippen molar-refractivity contribution in [3.63, 3.8) is 0 Å². The number of hydrogen-bond acceptors (Lipinski definition) is 3. The van der Waals surface area contributed by atoms with Gasteiger partial charge in [0.25, 0.3) is 5.56 Å². The number of fused-ring (bicyclic) bond motifs is 1. The molecular weight excluding hydrogens is 398 g/mol. The van der Waals surface area contributed by atoms with E-state index in [-0.39, 0.29) is 24.5 Å². The molecule has 0 saturated heterocycles. The third kappa shape index (κ3) is 4.81. The van der Waals surface area contributed by atoms with E-state index in [9.17, 15) is 9.59 Å². The standard InChI is InChI=1S/C24H27N3O2.ClH/c1-15(2)14-27-21(13-25)23(18-8-4-16(3)5-9-18)20-12-17(7-11-22(26)28)6-10-19(20)24(27)29;/h4-12,15H,13-14,25H2,1-3H3,(H2,26,28);1H. The van der Waals surface area contributed by atoms with Crippen LogP contribution < -0.4 is 17.0 Å². The molecule has 158 valence electrons. The summed E-state index contributed by atoms with van der Waals surface area (Å²) in [5.41, 5.74) is 16.1. The minimum atomic E-state index is -0.515. The van der Waals surface area contributed by atoms with Crippen LogP contribution in [0.15, 0.2) is 53.3 Å². The van der Waals surface area contributed by atoms with Crippen molar-refractivity contribution in [2.24, 2.45) is 17.4 Å². The normalized spacial score (nSPS) is 11.2. The fourth-order valence-electron chi connectivity index (χ4n) is 3.61. The molecule has 0 bridgehead atoms. The third-order valence-corrected chi connectivity index (χ3v) is 4.92. The van der Waals surface area contributed by atoms with Gasteiger partial charge in [0.2, 0.25) is 5.91 Å². The Labute approximate surface area is 182 Å². The van der Waals surface area contributed by atoms with Crippen LogP contribution in [-0.2, 0) is 17.9 Å². The highest BCUT2D eigenvalue weighted by atomic mass is 35.5. The third-order valence-electron chi connectivity index (χ3n) is 4.92. The second-order valence-corrected chi connectivity index (χ2v) is 7.74. The maximum absolute atomic E-state index is 13.3. The van der Waals surface area contributed by atoms with Crippen LogP contribution in [-0.4, -0.2) is 10.5 Å². The lowest BCUT2D eigenvalue weighted by Crippen LogP contribution is -2.28. The summed E-state index contributed by atoms with van der Waals surface area (Å²) in [4.78, 5) is 24.4. The summed E-state index contributed by atoms with van der Waals surface area (Å²) in [6.45, 7) is 7.06. The lowest BCUT2D eigenvalue weighted by atomic mass is 9.94. The highest BCUT2D eigenvalue weighted by Gasteiger charge is 2.18. The van der Waals surface area contributed by atoms with E-state index in [1.807, 2.05) is 25.1 Å². The van der Waals surface area contributed by atoms with E-state index < -0.39 is 5.91 Å². The molecule has 3 aromatic rings. The molecule has 1 aromatic heterocycles. The SMILES string of the molecule is Cc1ccc(-c2c(CN)n(CC(C)C)c(=O)c3ccc(C=CC(N)=O)cc23)cc1.Cl. The number of hydrogen-bond donors (Lipinski definition) is 2. The molecule has 3 rings (SSSR count). The Morgan fingerprint density at radius 2 is 1.77 bits per heavy atom. The first-order chi connectivity index (χ1) is 13.8. The zero-order valence-electron chi connectivity index (χ0n) is 17.5. The smallest absolute Gasteiger partial charge is 0.258 e. The van der Waals surface area contributed by atoms with Crippen LogP contribution in [0, 0.1) is 12.8 Å². The van der Waals surface area contributed by atoms with Gasteiger partial charge in [0.15, 0.2) is 0 Å². The van der Waals surface area contributed by atoms with Gasteiger partial charge in [0.1, 0.15) is 0 Å². The second kappa shape index (κ2) is 9.74.